The van der Waals surface area contributed by atoms with Gasteiger partial charge in [-0.3, -0.25) is 0 Å². The highest BCUT2D eigenvalue weighted by Crippen LogP contribution is 2.30. The van der Waals surface area contributed by atoms with E-state index in [0.29, 0.717) is 0 Å². The van der Waals surface area contributed by atoms with Gasteiger partial charge in [-0.25, -0.2) is 0 Å². The Balaban J connectivity index is 2.52. The third kappa shape index (κ3) is 1.54. The standard InChI is InChI=1S/C18H14/c1-3-13-9-10-18-15(11-13)12-14-7-5-6-8-17(14)16(18)4-2/h3-12H,1-2H2. The van der Waals surface area contributed by atoms with Crippen LogP contribution in [0.15, 0.2) is 61.7 Å². The van der Waals surface area contributed by atoms with Gasteiger partial charge in [-0.05, 0) is 44.8 Å². The molecule has 0 saturated heterocycles. The SMILES string of the molecule is C=Cc1ccc2c(C=C)c3ccccc3cc2c1. The maximum Gasteiger partial charge on any atom is -0.0105 e. The molecule has 86 valence electrons. The fourth-order valence-corrected chi connectivity index (χ4v) is 2.47. The van der Waals surface area contributed by atoms with Crippen LogP contribution in [-0.4, -0.2) is 0 Å². The molecule has 0 aliphatic heterocycles. The van der Waals surface area contributed by atoms with E-state index in [1.165, 1.54) is 27.1 Å². The van der Waals surface area contributed by atoms with Crippen LogP contribution >= 0.6 is 0 Å². The Morgan fingerprint density at radius 3 is 2.28 bits per heavy atom. The van der Waals surface area contributed by atoms with Crippen molar-refractivity contribution in [1.29, 1.82) is 0 Å². The summed E-state index contributed by atoms with van der Waals surface area (Å²) in [5.74, 6) is 0. The highest BCUT2D eigenvalue weighted by atomic mass is 14.1. The van der Waals surface area contributed by atoms with E-state index in [9.17, 15) is 0 Å². The van der Waals surface area contributed by atoms with Gasteiger partial charge in [-0.2, -0.15) is 0 Å². The molecule has 0 nitrogen and oxygen atoms in total. The Hall–Kier alpha value is -2.34. The van der Waals surface area contributed by atoms with Gasteiger partial charge in [0, 0.05) is 0 Å². The van der Waals surface area contributed by atoms with Crippen molar-refractivity contribution in [3.05, 3.63) is 72.8 Å². The smallest absolute Gasteiger partial charge is 0.0105 e. The summed E-state index contributed by atoms with van der Waals surface area (Å²) in [4.78, 5) is 0. The van der Waals surface area contributed by atoms with Crippen molar-refractivity contribution in [2.75, 3.05) is 0 Å². The number of hydrogen-bond donors (Lipinski definition) is 0. The third-order valence-electron chi connectivity index (χ3n) is 3.37. The Morgan fingerprint density at radius 2 is 1.50 bits per heavy atom. The van der Waals surface area contributed by atoms with E-state index in [4.69, 9.17) is 0 Å². The summed E-state index contributed by atoms with van der Waals surface area (Å²) in [7, 11) is 0. The Labute approximate surface area is 107 Å². The number of benzene rings is 3. The van der Waals surface area contributed by atoms with Crippen LogP contribution in [0.1, 0.15) is 11.1 Å². The van der Waals surface area contributed by atoms with E-state index in [-0.39, 0.29) is 0 Å². The lowest BCUT2D eigenvalue weighted by atomic mass is 9.95. The van der Waals surface area contributed by atoms with E-state index in [1.807, 2.05) is 12.2 Å². The maximum absolute atomic E-state index is 3.95. The van der Waals surface area contributed by atoms with Crippen molar-refractivity contribution in [1.82, 2.24) is 0 Å². The minimum atomic E-state index is 1.15. The largest absolute Gasteiger partial charge is 0.0985 e. The average molecular weight is 230 g/mol. The van der Waals surface area contributed by atoms with Crippen molar-refractivity contribution in [3.63, 3.8) is 0 Å². The molecule has 0 fully saturated rings. The van der Waals surface area contributed by atoms with E-state index in [2.05, 4.69) is 61.7 Å². The van der Waals surface area contributed by atoms with Gasteiger partial charge >= 0.3 is 0 Å². The maximum atomic E-state index is 3.95. The lowest BCUT2D eigenvalue weighted by Gasteiger charge is -2.08. The second-order valence-corrected chi connectivity index (χ2v) is 4.40. The van der Waals surface area contributed by atoms with Crippen LogP contribution in [0.25, 0.3) is 33.7 Å². The molecule has 0 amide bonds. The highest BCUT2D eigenvalue weighted by molar-refractivity contribution is 6.06. The van der Waals surface area contributed by atoms with Gasteiger partial charge in [0.25, 0.3) is 0 Å². The van der Waals surface area contributed by atoms with E-state index >= 15 is 0 Å². The molecule has 0 aliphatic rings. The monoisotopic (exact) mass is 230 g/mol. The molecule has 0 bridgehead atoms. The van der Waals surface area contributed by atoms with Crippen molar-refractivity contribution >= 4 is 33.7 Å². The first kappa shape index (κ1) is 10.8. The highest BCUT2D eigenvalue weighted by Gasteiger charge is 2.04. The van der Waals surface area contributed by atoms with Crippen LogP contribution in [0.5, 0.6) is 0 Å². The second kappa shape index (κ2) is 4.15. The number of rotatable bonds is 2. The predicted molar refractivity (Wildman–Crippen MR) is 81.6 cm³/mol. The molecule has 3 aromatic carbocycles. The topological polar surface area (TPSA) is 0 Å². The summed E-state index contributed by atoms with van der Waals surface area (Å²) in [6.07, 6.45) is 3.82. The van der Waals surface area contributed by atoms with Crippen LogP contribution < -0.4 is 0 Å². The van der Waals surface area contributed by atoms with E-state index < -0.39 is 0 Å². The predicted octanol–water partition coefficient (Wildman–Crippen LogP) is 5.28. The van der Waals surface area contributed by atoms with E-state index in [0.717, 1.165) is 5.56 Å². The molecule has 3 rings (SSSR count). The first-order valence-corrected chi connectivity index (χ1v) is 6.04. The van der Waals surface area contributed by atoms with Crippen LogP contribution in [0.3, 0.4) is 0 Å². The summed E-state index contributed by atoms with van der Waals surface area (Å²) in [5.41, 5.74) is 2.35. The molecular formula is C18H14. The molecular weight excluding hydrogens is 216 g/mol. The zero-order chi connectivity index (χ0) is 12.5. The summed E-state index contributed by atoms with van der Waals surface area (Å²) >= 11 is 0. The van der Waals surface area contributed by atoms with Gasteiger partial charge in [0.05, 0.1) is 0 Å². The molecule has 18 heavy (non-hydrogen) atoms. The quantitative estimate of drug-likeness (QED) is 0.525. The van der Waals surface area contributed by atoms with Crippen LogP contribution in [-0.2, 0) is 0 Å². The average Bonchev–Trinajstić information content (AvgIpc) is 2.44. The molecule has 0 atom stereocenters. The van der Waals surface area contributed by atoms with Gasteiger partial charge in [0.1, 0.15) is 0 Å². The molecule has 0 radical (unpaired) electrons. The third-order valence-corrected chi connectivity index (χ3v) is 3.37. The van der Waals surface area contributed by atoms with Crippen molar-refractivity contribution in [2.45, 2.75) is 0 Å². The first-order valence-electron chi connectivity index (χ1n) is 6.04. The summed E-state index contributed by atoms with van der Waals surface area (Å²) in [6, 6.07) is 17.1. The molecule has 0 aliphatic carbocycles. The lowest BCUT2D eigenvalue weighted by Crippen LogP contribution is -1.84. The van der Waals surface area contributed by atoms with Gasteiger partial charge < -0.3 is 0 Å². The Kier molecular flexibility index (Phi) is 2.49. The Bertz CT molecular complexity index is 763. The molecule has 0 heteroatoms. The molecule has 0 saturated carbocycles. The molecule has 0 spiro atoms. The normalized spacial score (nSPS) is 10.7. The minimum Gasteiger partial charge on any atom is -0.0985 e. The summed E-state index contributed by atoms with van der Waals surface area (Å²) in [6.45, 7) is 7.78. The zero-order valence-electron chi connectivity index (χ0n) is 10.2. The molecule has 3 aromatic rings. The minimum absolute atomic E-state index is 1.15. The Morgan fingerprint density at radius 1 is 0.722 bits per heavy atom. The van der Waals surface area contributed by atoms with Crippen LogP contribution in [0.4, 0.5) is 0 Å². The van der Waals surface area contributed by atoms with Gasteiger partial charge in [-0.1, -0.05) is 61.7 Å². The van der Waals surface area contributed by atoms with E-state index in [1.54, 1.807) is 0 Å². The first-order chi connectivity index (χ1) is 8.83. The van der Waals surface area contributed by atoms with Gasteiger partial charge in [0.15, 0.2) is 0 Å². The van der Waals surface area contributed by atoms with Crippen molar-refractivity contribution in [2.24, 2.45) is 0 Å². The number of fused-ring (bicyclic) bond motifs is 2. The molecule has 0 unspecified atom stereocenters. The van der Waals surface area contributed by atoms with Gasteiger partial charge in [-0.15, -0.1) is 0 Å². The lowest BCUT2D eigenvalue weighted by molar-refractivity contribution is 1.71. The molecule has 0 aromatic heterocycles. The fourth-order valence-electron chi connectivity index (χ4n) is 2.47. The van der Waals surface area contributed by atoms with Gasteiger partial charge in [0.2, 0.25) is 0 Å². The van der Waals surface area contributed by atoms with Crippen LogP contribution in [0.2, 0.25) is 0 Å². The van der Waals surface area contributed by atoms with Crippen molar-refractivity contribution < 1.29 is 0 Å². The summed E-state index contributed by atoms with van der Waals surface area (Å²) < 4.78 is 0. The fraction of sp³-hybridized carbons (Fsp3) is 0. The van der Waals surface area contributed by atoms with Crippen LogP contribution in [0, 0.1) is 0 Å². The molecule has 0 N–H and O–H groups in total. The molecule has 0 heterocycles. The van der Waals surface area contributed by atoms with Crippen molar-refractivity contribution in [3.8, 4) is 0 Å². The number of hydrogen-bond acceptors (Lipinski definition) is 0. The zero-order valence-corrected chi connectivity index (χ0v) is 10.2. The second-order valence-electron chi connectivity index (χ2n) is 4.40. The summed E-state index contributed by atoms with van der Waals surface area (Å²) in [5, 5.41) is 4.99.